The Bertz CT molecular complexity index is 652. The molecule has 3 heterocycles. The van der Waals surface area contributed by atoms with Gasteiger partial charge in [0.1, 0.15) is 18.2 Å². The maximum atomic E-state index is 12.8. The number of aliphatic hydroxyl groups excluding tert-OH is 1. The summed E-state index contributed by atoms with van der Waals surface area (Å²) in [6.45, 7) is 0.828. The third-order valence-electron chi connectivity index (χ3n) is 3.93. The highest BCUT2D eigenvalue weighted by Gasteiger charge is 2.38. The van der Waals surface area contributed by atoms with E-state index >= 15 is 0 Å². The molecule has 3 rings (SSSR count). The van der Waals surface area contributed by atoms with Crippen molar-refractivity contribution in [3.8, 4) is 0 Å². The van der Waals surface area contributed by atoms with E-state index in [9.17, 15) is 9.90 Å². The zero-order chi connectivity index (χ0) is 16.2. The van der Waals surface area contributed by atoms with Gasteiger partial charge in [-0.1, -0.05) is 6.07 Å². The van der Waals surface area contributed by atoms with Crippen LogP contribution < -0.4 is 4.90 Å². The van der Waals surface area contributed by atoms with E-state index in [4.69, 9.17) is 0 Å². The molecule has 1 aliphatic rings. The van der Waals surface area contributed by atoms with E-state index in [1.165, 1.54) is 6.33 Å². The van der Waals surface area contributed by atoms with Crippen molar-refractivity contribution in [3.63, 3.8) is 0 Å². The standard InChI is InChI=1S/C16H19N5O2/c1-20(9-12-4-2-3-6-18-12)16(23)14-8-13(22)10-21(14)15-5-7-17-11-19-15/h2-7,11,13-14,22H,8-10H2,1H3. The predicted molar refractivity (Wildman–Crippen MR) is 84.5 cm³/mol. The summed E-state index contributed by atoms with van der Waals surface area (Å²) in [5.41, 5.74) is 0.829. The first kappa shape index (κ1) is 15.4. The highest BCUT2D eigenvalue weighted by Crippen LogP contribution is 2.25. The lowest BCUT2D eigenvalue weighted by Crippen LogP contribution is -2.44. The van der Waals surface area contributed by atoms with Crippen LogP contribution >= 0.6 is 0 Å². The van der Waals surface area contributed by atoms with Crippen LogP contribution in [0.3, 0.4) is 0 Å². The number of hydrogen-bond donors (Lipinski definition) is 1. The third kappa shape index (κ3) is 3.45. The number of aliphatic hydroxyl groups is 1. The number of β-amino-alcohol motifs (C(OH)–C–C–N with tert-alkyl or cyclic N) is 1. The first-order valence-electron chi connectivity index (χ1n) is 7.51. The van der Waals surface area contributed by atoms with Crippen molar-refractivity contribution in [2.45, 2.75) is 25.1 Å². The number of hydrogen-bond acceptors (Lipinski definition) is 6. The molecule has 0 aliphatic carbocycles. The van der Waals surface area contributed by atoms with Crippen molar-refractivity contribution < 1.29 is 9.90 Å². The summed E-state index contributed by atoms with van der Waals surface area (Å²) < 4.78 is 0. The molecule has 1 fully saturated rings. The highest BCUT2D eigenvalue weighted by molar-refractivity contribution is 5.85. The van der Waals surface area contributed by atoms with E-state index in [0.29, 0.717) is 25.3 Å². The van der Waals surface area contributed by atoms with Gasteiger partial charge in [0.15, 0.2) is 0 Å². The van der Waals surface area contributed by atoms with Crippen molar-refractivity contribution in [1.82, 2.24) is 19.9 Å². The van der Waals surface area contributed by atoms with Gasteiger partial charge in [-0.2, -0.15) is 0 Å². The molecule has 0 bridgehead atoms. The molecule has 0 aromatic carbocycles. The molecule has 0 spiro atoms. The molecular formula is C16H19N5O2. The quantitative estimate of drug-likeness (QED) is 0.883. The van der Waals surface area contributed by atoms with Crippen LogP contribution in [0.15, 0.2) is 43.0 Å². The van der Waals surface area contributed by atoms with Gasteiger partial charge in [0.25, 0.3) is 0 Å². The Kier molecular flexibility index (Phi) is 4.47. The Morgan fingerprint density at radius 3 is 2.91 bits per heavy atom. The predicted octanol–water partition coefficient (Wildman–Crippen LogP) is 0.470. The lowest BCUT2D eigenvalue weighted by Gasteiger charge is -2.28. The van der Waals surface area contributed by atoms with E-state index in [-0.39, 0.29) is 5.91 Å². The van der Waals surface area contributed by atoms with E-state index < -0.39 is 12.1 Å². The van der Waals surface area contributed by atoms with Crippen LogP contribution in [-0.4, -0.2) is 56.6 Å². The van der Waals surface area contributed by atoms with Gasteiger partial charge in [0.2, 0.25) is 5.91 Å². The Balaban J connectivity index is 1.74. The van der Waals surface area contributed by atoms with Crippen LogP contribution in [0.5, 0.6) is 0 Å². The number of anilines is 1. The molecule has 120 valence electrons. The fourth-order valence-corrected chi connectivity index (χ4v) is 2.82. The van der Waals surface area contributed by atoms with Crippen molar-refractivity contribution in [2.24, 2.45) is 0 Å². The minimum Gasteiger partial charge on any atom is -0.391 e. The van der Waals surface area contributed by atoms with Gasteiger partial charge in [-0.15, -0.1) is 0 Å². The molecule has 2 unspecified atom stereocenters. The number of aromatic nitrogens is 3. The molecule has 2 aromatic rings. The third-order valence-corrected chi connectivity index (χ3v) is 3.93. The zero-order valence-corrected chi connectivity index (χ0v) is 12.9. The smallest absolute Gasteiger partial charge is 0.245 e. The maximum absolute atomic E-state index is 12.8. The second kappa shape index (κ2) is 6.70. The lowest BCUT2D eigenvalue weighted by molar-refractivity contribution is -0.131. The Labute approximate surface area is 134 Å². The van der Waals surface area contributed by atoms with E-state index in [1.807, 2.05) is 23.1 Å². The van der Waals surface area contributed by atoms with Crippen LogP contribution in [0.25, 0.3) is 0 Å². The second-order valence-corrected chi connectivity index (χ2v) is 5.64. The molecule has 0 saturated carbocycles. The van der Waals surface area contributed by atoms with E-state index in [0.717, 1.165) is 5.69 Å². The molecule has 1 N–H and O–H groups in total. The number of pyridine rings is 1. The number of rotatable bonds is 4. The van der Waals surface area contributed by atoms with Gasteiger partial charge in [-0.05, 0) is 18.2 Å². The van der Waals surface area contributed by atoms with Crippen molar-refractivity contribution in [3.05, 3.63) is 48.7 Å². The van der Waals surface area contributed by atoms with Crippen LogP contribution in [0.2, 0.25) is 0 Å². The van der Waals surface area contributed by atoms with Crippen molar-refractivity contribution in [1.29, 1.82) is 0 Å². The molecule has 1 aliphatic heterocycles. The number of carbonyl (C=O) groups is 1. The van der Waals surface area contributed by atoms with Crippen LogP contribution in [0.4, 0.5) is 5.82 Å². The normalized spacial score (nSPS) is 20.5. The summed E-state index contributed by atoms with van der Waals surface area (Å²) in [7, 11) is 1.75. The summed E-state index contributed by atoms with van der Waals surface area (Å²) in [4.78, 5) is 28.6. The highest BCUT2D eigenvalue weighted by atomic mass is 16.3. The molecule has 1 amide bonds. The Hall–Kier alpha value is -2.54. The summed E-state index contributed by atoms with van der Waals surface area (Å²) >= 11 is 0. The number of nitrogens with zero attached hydrogens (tertiary/aromatic N) is 5. The molecule has 7 nitrogen and oxygen atoms in total. The molecule has 1 saturated heterocycles. The van der Waals surface area contributed by atoms with Gasteiger partial charge in [0.05, 0.1) is 18.3 Å². The summed E-state index contributed by atoms with van der Waals surface area (Å²) in [6.07, 6.45) is 4.64. The first-order valence-corrected chi connectivity index (χ1v) is 7.51. The minimum absolute atomic E-state index is 0.0502. The Morgan fingerprint density at radius 1 is 1.35 bits per heavy atom. The molecule has 2 atom stereocenters. The lowest BCUT2D eigenvalue weighted by atomic mass is 10.1. The molecule has 0 radical (unpaired) electrons. The van der Waals surface area contributed by atoms with Crippen LogP contribution in [0.1, 0.15) is 12.1 Å². The van der Waals surface area contributed by atoms with Gasteiger partial charge < -0.3 is 14.9 Å². The summed E-state index contributed by atoms with van der Waals surface area (Å²) in [5, 5.41) is 9.98. The van der Waals surface area contributed by atoms with Crippen LogP contribution in [-0.2, 0) is 11.3 Å². The van der Waals surface area contributed by atoms with E-state index in [1.54, 1.807) is 30.4 Å². The maximum Gasteiger partial charge on any atom is 0.245 e. The fraction of sp³-hybridized carbons (Fsp3) is 0.375. The van der Waals surface area contributed by atoms with Gasteiger partial charge in [0, 0.05) is 32.4 Å². The summed E-state index contributed by atoms with van der Waals surface area (Å²) in [5.74, 6) is 0.604. The zero-order valence-electron chi connectivity index (χ0n) is 12.9. The van der Waals surface area contributed by atoms with Crippen LogP contribution in [0, 0.1) is 0 Å². The second-order valence-electron chi connectivity index (χ2n) is 5.64. The molecule has 7 heteroatoms. The SMILES string of the molecule is CN(Cc1ccccn1)C(=O)C1CC(O)CN1c1ccncn1. The van der Waals surface area contributed by atoms with Gasteiger partial charge in [-0.3, -0.25) is 9.78 Å². The topological polar surface area (TPSA) is 82.5 Å². The minimum atomic E-state index is -0.540. The number of carbonyl (C=O) groups excluding carboxylic acids is 1. The van der Waals surface area contributed by atoms with E-state index in [2.05, 4.69) is 15.0 Å². The number of amides is 1. The Morgan fingerprint density at radius 2 is 2.22 bits per heavy atom. The number of likely N-dealkylation sites (N-methyl/N-ethyl adjacent to an activating group) is 1. The first-order chi connectivity index (χ1) is 11.1. The monoisotopic (exact) mass is 313 g/mol. The molecular weight excluding hydrogens is 294 g/mol. The van der Waals surface area contributed by atoms with Gasteiger partial charge in [-0.25, -0.2) is 9.97 Å². The largest absolute Gasteiger partial charge is 0.391 e. The molecule has 2 aromatic heterocycles. The fourth-order valence-electron chi connectivity index (χ4n) is 2.82. The average molecular weight is 313 g/mol. The van der Waals surface area contributed by atoms with Crippen molar-refractivity contribution in [2.75, 3.05) is 18.5 Å². The van der Waals surface area contributed by atoms with Gasteiger partial charge >= 0.3 is 0 Å². The average Bonchev–Trinajstić information content (AvgIpc) is 2.97. The summed E-state index contributed by atoms with van der Waals surface area (Å²) in [6, 6.07) is 6.95. The van der Waals surface area contributed by atoms with Crippen molar-refractivity contribution >= 4 is 11.7 Å². The molecule has 23 heavy (non-hydrogen) atoms.